The van der Waals surface area contributed by atoms with Crippen LogP contribution in [0.4, 0.5) is 5.69 Å². The van der Waals surface area contributed by atoms with Crippen LogP contribution in [0.2, 0.25) is 0 Å². The summed E-state index contributed by atoms with van der Waals surface area (Å²) in [7, 11) is 0. The molecular formula is C15H10N2O4S. The molecule has 0 heterocycles. The molecule has 0 aliphatic rings. The van der Waals surface area contributed by atoms with Crippen molar-refractivity contribution in [3.63, 3.8) is 0 Å². The van der Waals surface area contributed by atoms with Gasteiger partial charge in [-0.1, -0.05) is 11.8 Å². The van der Waals surface area contributed by atoms with Crippen LogP contribution in [-0.4, -0.2) is 16.0 Å². The Labute approximate surface area is 130 Å². The van der Waals surface area contributed by atoms with Gasteiger partial charge in [0.15, 0.2) is 0 Å². The highest BCUT2D eigenvalue weighted by Gasteiger charge is 2.14. The number of nitro groups is 1. The van der Waals surface area contributed by atoms with Gasteiger partial charge in [0.25, 0.3) is 5.69 Å². The van der Waals surface area contributed by atoms with Gasteiger partial charge in [0.05, 0.1) is 23.0 Å². The van der Waals surface area contributed by atoms with Crippen molar-refractivity contribution in [1.82, 2.24) is 0 Å². The van der Waals surface area contributed by atoms with E-state index < -0.39 is 10.9 Å². The van der Waals surface area contributed by atoms with Gasteiger partial charge in [-0.3, -0.25) is 14.9 Å². The van der Waals surface area contributed by atoms with Crippen LogP contribution in [0, 0.1) is 21.4 Å². The molecule has 0 spiro atoms. The smallest absolute Gasteiger partial charge is 0.307 e. The molecule has 110 valence electrons. The quantitative estimate of drug-likeness (QED) is 0.671. The SMILES string of the molecule is N#Cc1ccc(Sc2ccc([N+](=O)[O-])cc2CC(=O)O)cc1. The Balaban J connectivity index is 2.33. The van der Waals surface area contributed by atoms with E-state index in [9.17, 15) is 14.9 Å². The largest absolute Gasteiger partial charge is 0.481 e. The molecule has 7 heteroatoms. The highest BCUT2D eigenvalue weighted by Crippen LogP contribution is 2.33. The maximum absolute atomic E-state index is 10.9. The molecule has 2 rings (SSSR count). The summed E-state index contributed by atoms with van der Waals surface area (Å²) in [6.07, 6.45) is -0.291. The lowest BCUT2D eigenvalue weighted by Crippen LogP contribution is -2.02. The Morgan fingerprint density at radius 3 is 2.50 bits per heavy atom. The van der Waals surface area contributed by atoms with Crippen molar-refractivity contribution in [2.45, 2.75) is 16.2 Å². The first-order valence-electron chi connectivity index (χ1n) is 6.16. The zero-order valence-electron chi connectivity index (χ0n) is 11.2. The van der Waals surface area contributed by atoms with Crippen molar-refractivity contribution in [3.8, 4) is 6.07 Å². The normalized spacial score (nSPS) is 9.95. The molecule has 0 bridgehead atoms. The Morgan fingerprint density at radius 1 is 1.27 bits per heavy atom. The van der Waals surface area contributed by atoms with E-state index in [-0.39, 0.29) is 12.1 Å². The minimum absolute atomic E-state index is 0.138. The summed E-state index contributed by atoms with van der Waals surface area (Å²) >= 11 is 1.30. The minimum Gasteiger partial charge on any atom is -0.481 e. The number of carboxylic acid groups (broad SMARTS) is 1. The van der Waals surface area contributed by atoms with Crippen molar-refractivity contribution in [1.29, 1.82) is 5.26 Å². The number of aliphatic carboxylic acids is 1. The maximum Gasteiger partial charge on any atom is 0.307 e. The molecule has 0 atom stereocenters. The highest BCUT2D eigenvalue weighted by atomic mass is 32.2. The molecule has 2 aromatic carbocycles. The molecule has 0 saturated carbocycles. The van der Waals surface area contributed by atoms with Crippen molar-refractivity contribution in [3.05, 3.63) is 63.7 Å². The lowest BCUT2D eigenvalue weighted by Gasteiger charge is -2.07. The van der Waals surface area contributed by atoms with E-state index in [0.29, 0.717) is 16.0 Å². The second kappa shape index (κ2) is 6.74. The summed E-state index contributed by atoms with van der Waals surface area (Å²) in [5.74, 6) is -1.05. The number of nitro benzene ring substituents is 1. The highest BCUT2D eigenvalue weighted by molar-refractivity contribution is 7.99. The average molecular weight is 314 g/mol. The molecule has 0 saturated heterocycles. The number of nitrogens with zero attached hydrogens (tertiary/aromatic N) is 2. The molecule has 0 amide bonds. The van der Waals surface area contributed by atoms with Crippen LogP contribution >= 0.6 is 11.8 Å². The number of hydrogen-bond acceptors (Lipinski definition) is 5. The van der Waals surface area contributed by atoms with Crippen LogP contribution in [-0.2, 0) is 11.2 Å². The lowest BCUT2D eigenvalue weighted by atomic mass is 10.1. The molecule has 6 nitrogen and oxygen atoms in total. The maximum atomic E-state index is 10.9. The molecule has 0 aliphatic heterocycles. The van der Waals surface area contributed by atoms with Crippen LogP contribution in [0.3, 0.4) is 0 Å². The topological polar surface area (TPSA) is 104 Å². The summed E-state index contributed by atoms with van der Waals surface area (Å²) in [5.41, 5.74) is 0.773. The Kier molecular flexibility index (Phi) is 4.76. The number of rotatable bonds is 5. The van der Waals surface area contributed by atoms with Crippen LogP contribution in [0.15, 0.2) is 52.3 Å². The molecule has 1 N–H and O–H groups in total. The van der Waals surface area contributed by atoms with Gasteiger partial charge in [-0.25, -0.2) is 0 Å². The summed E-state index contributed by atoms with van der Waals surface area (Å²) in [6, 6.07) is 13.0. The minimum atomic E-state index is -1.05. The van der Waals surface area contributed by atoms with E-state index in [1.807, 2.05) is 6.07 Å². The molecule has 0 fully saturated rings. The fourth-order valence-electron chi connectivity index (χ4n) is 1.80. The molecule has 22 heavy (non-hydrogen) atoms. The summed E-state index contributed by atoms with van der Waals surface area (Å²) in [6.45, 7) is 0. The number of non-ortho nitro benzene ring substituents is 1. The van der Waals surface area contributed by atoms with E-state index in [1.54, 1.807) is 30.3 Å². The number of carbonyl (C=O) groups is 1. The number of hydrogen-bond donors (Lipinski definition) is 1. The van der Waals surface area contributed by atoms with Gasteiger partial charge in [-0.2, -0.15) is 5.26 Å². The average Bonchev–Trinajstić information content (AvgIpc) is 2.49. The van der Waals surface area contributed by atoms with E-state index in [0.717, 1.165) is 4.90 Å². The third kappa shape index (κ3) is 3.84. The number of benzene rings is 2. The molecule has 0 unspecified atom stereocenters. The third-order valence-electron chi connectivity index (χ3n) is 2.81. The second-order valence-electron chi connectivity index (χ2n) is 4.36. The van der Waals surface area contributed by atoms with Crippen LogP contribution in [0.5, 0.6) is 0 Å². The van der Waals surface area contributed by atoms with Crippen LogP contribution in [0.25, 0.3) is 0 Å². The standard InChI is InChI=1S/C15H10N2O4S/c16-9-10-1-4-13(5-2-10)22-14-6-3-12(17(20)21)7-11(14)8-15(18)19/h1-7H,8H2,(H,18,19). The second-order valence-corrected chi connectivity index (χ2v) is 5.47. The first kappa shape index (κ1) is 15.5. The van der Waals surface area contributed by atoms with Crippen molar-refractivity contribution in [2.24, 2.45) is 0 Å². The first-order chi connectivity index (χ1) is 10.5. The van der Waals surface area contributed by atoms with E-state index in [4.69, 9.17) is 10.4 Å². The predicted molar refractivity (Wildman–Crippen MR) is 79.7 cm³/mol. The molecule has 2 aromatic rings. The van der Waals surface area contributed by atoms with E-state index >= 15 is 0 Å². The Bertz CT molecular complexity index is 766. The van der Waals surface area contributed by atoms with Gasteiger partial charge in [0, 0.05) is 21.9 Å². The van der Waals surface area contributed by atoms with Crippen LogP contribution < -0.4 is 0 Å². The molecule has 0 aromatic heterocycles. The van der Waals surface area contributed by atoms with Crippen molar-refractivity contribution < 1.29 is 14.8 Å². The summed E-state index contributed by atoms with van der Waals surface area (Å²) in [5, 5.41) is 28.5. The van der Waals surface area contributed by atoms with Gasteiger partial charge in [0.2, 0.25) is 0 Å². The Hall–Kier alpha value is -2.85. The third-order valence-corrected chi connectivity index (χ3v) is 3.93. The van der Waals surface area contributed by atoms with Crippen molar-refractivity contribution in [2.75, 3.05) is 0 Å². The summed E-state index contributed by atoms with van der Waals surface area (Å²) < 4.78 is 0. The summed E-state index contributed by atoms with van der Waals surface area (Å²) in [4.78, 5) is 22.6. The van der Waals surface area contributed by atoms with Gasteiger partial charge < -0.3 is 5.11 Å². The van der Waals surface area contributed by atoms with Crippen LogP contribution in [0.1, 0.15) is 11.1 Å². The van der Waals surface area contributed by atoms with Gasteiger partial charge >= 0.3 is 5.97 Å². The zero-order valence-corrected chi connectivity index (χ0v) is 12.0. The monoisotopic (exact) mass is 314 g/mol. The zero-order chi connectivity index (χ0) is 16.1. The van der Waals surface area contributed by atoms with E-state index in [2.05, 4.69) is 0 Å². The van der Waals surface area contributed by atoms with Crippen molar-refractivity contribution >= 4 is 23.4 Å². The fraction of sp³-hybridized carbons (Fsp3) is 0.0667. The lowest BCUT2D eigenvalue weighted by molar-refractivity contribution is -0.385. The number of nitriles is 1. The molecular weight excluding hydrogens is 304 g/mol. The first-order valence-corrected chi connectivity index (χ1v) is 6.98. The van der Waals surface area contributed by atoms with E-state index in [1.165, 1.54) is 23.9 Å². The van der Waals surface area contributed by atoms with Gasteiger partial charge in [-0.05, 0) is 35.9 Å². The fourth-order valence-corrected chi connectivity index (χ4v) is 2.73. The molecule has 0 radical (unpaired) electrons. The van der Waals surface area contributed by atoms with Gasteiger partial charge in [-0.15, -0.1) is 0 Å². The molecule has 0 aliphatic carbocycles. The predicted octanol–water partition coefficient (Wildman–Crippen LogP) is 3.24. The Morgan fingerprint density at radius 2 is 1.95 bits per heavy atom. The van der Waals surface area contributed by atoms with Gasteiger partial charge in [0.1, 0.15) is 0 Å². The number of carboxylic acids is 1.